The second kappa shape index (κ2) is 16.1. The van der Waals surface area contributed by atoms with Crippen LogP contribution in [0.3, 0.4) is 0 Å². The van der Waals surface area contributed by atoms with E-state index in [2.05, 4.69) is 20.8 Å². The molecule has 0 nitrogen and oxygen atoms in total. The molecule has 0 saturated carbocycles. The van der Waals surface area contributed by atoms with Gasteiger partial charge in [-0.2, -0.15) is 0 Å². The molecule has 0 spiro atoms. The third-order valence-electron chi connectivity index (χ3n) is 4.29. The van der Waals surface area contributed by atoms with Crippen molar-refractivity contribution in [3.8, 4) is 0 Å². The van der Waals surface area contributed by atoms with Gasteiger partial charge in [0.15, 0.2) is 0 Å². The summed E-state index contributed by atoms with van der Waals surface area (Å²) in [6.07, 6.45) is 21.2. The van der Waals surface area contributed by atoms with Crippen molar-refractivity contribution in [3.05, 3.63) is 6.92 Å². The molecular formula is C19H39. The fourth-order valence-electron chi connectivity index (χ4n) is 2.97. The summed E-state index contributed by atoms with van der Waals surface area (Å²) in [5.74, 6) is 0.976. The van der Waals surface area contributed by atoms with Gasteiger partial charge in [0.1, 0.15) is 0 Å². The SMILES string of the molecule is [CH2]CCC(CCCCC)CCCCCCCCCC. The molecule has 0 fully saturated rings. The molecule has 0 aromatic rings. The number of hydrogen-bond donors (Lipinski definition) is 0. The molecule has 1 unspecified atom stereocenters. The Kier molecular flexibility index (Phi) is 16.1. The predicted molar refractivity (Wildman–Crippen MR) is 89.5 cm³/mol. The summed E-state index contributed by atoms with van der Waals surface area (Å²) in [6.45, 7) is 8.63. The van der Waals surface area contributed by atoms with Gasteiger partial charge in [-0.05, 0) is 5.92 Å². The van der Waals surface area contributed by atoms with E-state index in [0.717, 1.165) is 12.3 Å². The molecule has 0 saturated heterocycles. The Morgan fingerprint density at radius 1 is 0.579 bits per heavy atom. The average molecular weight is 268 g/mol. The van der Waals surface area contributed by atoms with Crippen molar-refractivity contribution < 1.29 is 0 Å². The maximum Gasteiger partial charge on any atom is -0.0414 e. The first kappa shape index (κ1) is 19.0. The summed E-state index contributed by atoms with van der Waals surface area (Å²) in [7, 11) is 0. The zero-order valence-electron chi connectivity index (χ0n) is 13.9. The van der Waals surface area contributed by atoms with Gasteiger partial charge in [-0.15, -0.1) is 0 Å². The van der Waals surface area contributed by atoms with Gasteiger partial charge in [0.05, 0.1) is 0 Å². The van der Waals surface area contributed by atoms with Gasteiger partial charge in [-0.25, -0.2) is 0 Å². The Morgan fingerprint density at radius 2 is 1.00 bits per heavy atom. The minimum Gasteiger partial charge on any atom is -0.0654 e. The molecule has 19 heavy (non-hydrogen) atoms. The van der Waals surface area contributed by atoms with Crippen molar-refractivity contribution in [1.82, 2.24) is 0 Å². The van der Waals surface area contributed by atoms with Gasteiger partial charge < -0.3 is 0 Å². The van der Waals surface area contributed by atoms with Crippen LogP contribution in [0.4, 0.5) is 0 Å². The maximum atomic E-state index is 4.04. The molecule has 0 aromatic heterocycles. The summed E-state index contributed by atoms with van der Waals surface area (Å²) in [6, 6.07) is 0. The Bertz CT molecular complexity index is 150. The Hall–Kier alpha value is 0. The molecule has 0 aromatic carbocycles. The number of hydrogen-bond acceptors (Lipinski definition) is 0. The number of unbranched alkanes of at least 4 members (excludes halogenated alkanes) is 9. The van der Waals surface area contributed by atoms with Gasteiger partial charge >= 0.3 is 0 Å². The molecule has 0 aliphatic carbocycles. The molecule has 0 rings (SSSR count). The summed E-state index contributed by atoms with van der Waals surface area (Å²) >= 11 is 0. The van der Waals surface area contributed by atoms with Gasteiger partial charge in [-0.1, -0.05) is 117 Å². The van der Waals surface area contributed by atoms with Crippen molar-refractivity contribution >= 4 is 0 Å². The molecule has 0 heterocycles. The summed E-state index contributed by atoms with van der Waals surface area (Å²) in [5, 5.41) is 0. The molecule has 0 amide bonds. The monoisotopic (exact) mass is 267 g/mol. The van der Waals surface area contributed by atoms with E-state index in [-0.39, 0.29) is 0 Å². The fraction of sp³-hybridized carbons (Fsp3) is 0.947. The zero-order valence-corrected chi connectivity index (χ0v) is 13.9. The topological polar surface area (TPSA) is 0 Å². The van der Waals surface area contributed by atoms with Crippen LogP contribution in [0.2, 0.25) is 0 Å². The first-order chi connectivity index (χ1) is 9.35. The smallest absolute Gasteiger partial charge is 0.0414 e. The predicted octanol–water partition coefficient (Wildman–Crippen LogP) is 7.33. The lowest BCUT2D eigenvalue weighted by Crippen LogP contribution is -2.00. The highest BCUT2D eigenvalue weighted by Crippen LogP contribution is 2.22. The van der Waals surface area contributed by atoms with E-state index in [1.165, 1.54) is 89.9 Å². The van der Waals surface area contributed by atoms with E-state index in [1.54, 1.807) is 0 Å². The highest BCUT2D eigenvalue weighted by molar-refractivity contribution is 4.61. The summed E-state index contributed by atoms with van der Waals surface area (Å²) in [4.78, 5) is 0. The van der Waals surface area contributed by atoms with Crippen LogP contribution in [0.5, 0.6) is 0 Å². The van der Waals surface area contributed by atoms with Gasteiger partial charge in [0, 0.05) is 0 Å². The minimum absolute atomic E-state index is 0.976. The lowest BCUT2D eigenvalue weighted by Gasteiger charge is -2.15. The van der Waals surface area contributed by atoms with E-state index in [9.17, 15) is 0 Å². The second-order valence-electron chi connectivity index (χ2n) is 6.27. The van der Waals surface area contributed by atoms with Crippen LogP contribution in [0, 0.1) is 12.8 Å². The van der Waals surface area contributed by atoms with Crippen LogP contribution in [-0.2, 0) is 0 Å². The third-order valence-corrected chi connectivity index (χ3v) is 4.29. The van der Waals surface area contributed by atoms with Crippen molar-refractivity contribution in [2.24, 2.45) is 5.92 Å². The molecule has 0 bridgehead atoms. The van der Waals surface area contributed by atoms with Crippen molar-refractivity contribution in [3.63, 3.8) is 0 Å². The Labute approximate surface area is 123 Å². The molecule has 1 atom stereocenters. The molecule has 0 N–H and O–H groups in total. The van der Waals surface area contributed by atoms with E-state index in [0.29, 0.717) is 0 Å². The van der Waals surface area contributed by atoms with E-state index in [4.69, 9.17) is 0 Å². The van der Waals surface area contributed by atoms with Crippen molar-refractivity contribution in [1.29, 1.82) is 0 Å². The standard InChI is InChI=1S/C19H39/c1-4-7-9-10-11-12-13-15-18-19(16-6-3)17-14-8-5-2/h19H,3-18H2,1-2H3. The first-order valence-corrected chi connectivity index (χ1v) is 9.14. The van der Waals surface area contributed by atoms with Crippen LogP contribution in [-0.4, -0.2) is 0 Å². The second-order valence-corrected chi connectivity index (χ2v) is 6.27. The van der Waals surface area contributed by atoms with E-state index < -0.39 is 0 Å². The van der Waals surface area contributed by atoms with Crippen LogP contribution in [0.1, 0.15) is 110 Å². The summed E-state index contributed by atoms with van der Waals surface area (Å²) < 4.78 is 0. The minimum atomic E-state index is 0.976. The molecule has 115 valence electrons. The van der Waals surface area contributed by atoms with E-state index in [1.807, 2.05) is 0 Å². The maximum absolute atomic E-state index is 4.04. The molecule has 0 aliphatic rings. The van der Waals surface area contributed by atoms with Crippen LogP contribution in [0.25, 0.3) is 0 Å². The highest BCUT2D eigenvalue weighted by atomic mass is 14.1. The van der Waals surface area contributed by atoms with Gasteiger partial charge in [0.2, 0.25) is 0 Å². The Balaban J connectivity index is 3.36. The first-order valence-electron chi connectivity index (χ1n) is 9.14. The molecular weight excluding hydrogens is 228 g/mol. The highest BCUT2D eigenvalue weighted by Gasteiger charge is 2.06. The zero-order chi connectivity index (χ0) is 14.2. The van der Waals surface area contributed by atoms with Crippen LogP contribution < -0.4 is 0 Å². The largest absolute Gasteiger partial charge is 0.0654 e. The number of rotatable bonds is 15. The molecule has 1 radical (unpaired) electrons. The quantitative estimate of drug-likeness (QED) is 0.272. The van der Waals surface area contributed by atoms with Gasteiger partial charge in [-0.3, -0.25) is 0 Å². The van der Waals surface area contributed by atoms with Crippen molar-refractivity contribution in [2.75, 3.05) is 0 Å². The van der Waals surface area contributed by atoms with Gasteiger partial charge in [0.25, 0.3) is 0 Å². The van der Waals surface area contributed by atoms with Crippen LogP contribution in [0.15, 0.2) is 0 Å². The average Bonchev–Trinajstić information content (AvgIpc) is 2.42. The lowest BCUT2D eigenvalue weighted by atomic mass is 9.91. The normalized spacial score (nSPS) is 12.8. The molecule has 0 aliphatic heterocycles. The summed E-state index contributed by atoms with van der Waals surface area (Å²) in [5.41, 5.74) is 0. The molecule has 0 heteroatoms. The Morgan fingerprint density at radius 3 is 1.53 bits per heavy atom. The van der Waals surface area contributed by atoms with Crippen molar-refractivity contribution in [2.45, 2.75) is 110 Å². The lowest BCUT2D eigenvalue weighted by molar-refractivity contribution is 0.385. The fourth-order valence-corrected chi connectivity index (χ4v) is 2.97. The van der Waals surface area contributed by atoms with Crippen LogP contribution >= 0.6 is 0 Å². The van der Waals surface area contributed by atoms with E-state index >= 15 is 0 Å². The third kappa shape index (κ3) is 14.2.